The molecule has 0 atom stereocenters. The summed E-state index contributed by atoms with van der Waals surface area (Å²) >= 11 is 12.0. The van der Waals surface area contributed by atoms with Crippen LogP contribution in [-0.2, 0) is 0 Å². The quantitative estimate of drug-likeness (QED) is 0.751. The Morgan fingerprint density at radius 2 is 1.91 bits per heavy atom. The van der Waals surface area contributed by atoms with E-state index in [0.29, 0.717) is 32.6 Å². The molecular weight excluding hydrogens is 325 g/mol. The van der Waals surface area contributed by atoms with Crippen LogP contribution < -0.4 is 11.3 Å². The predicted octanol–water partition coefficient (Wildman–Crippen LogP) is 2.78. The van der Waals surface area contributed by atoms with Crippen LogP contribution in [0.4, 0.5) is 5.95 Å². The summed E-state index contributed by atoms with van der Waals surface area (Å²) in [5, 5.41) is 7.20. The second-order valence-electron chi connectivity index (χ2n) is 4.43. The molecule has 1 aromatic carbocycles. The van der Waals surface area contributed by atoms with Crippen molar-refractivity contribution in [2.45, 2.75) is 0 Å². The molecule has 2 heterocycles. The first-order valence-electron chi connectivity index (χ1n) is 6.18. The molecule has 2 aromatic heterocycles. The summed E-state index contributed by atoms with van der Waals surface area (Å²) in [7, 11) is 0. The molecule has 6 nitrogen and oxygen atoms in total. The van der Waals surface area contributed by atoms with E-state index in [1.165, 1.54) is 6.07 Å². The van der Waals surface area contributed by atoms with Gasteiger partial charge in [0.15, 0.2) is 0 Å². The molecule has 0 aliphatic rings. The Hall–Kier alpha value is -2.44. The van der Waals surface area contributed by atoms with Gasteiger partial charge in [0, 0.05) is 23.4 Å². The van der Waals surface area contributed by atoms with Crippen LogP contribution in [-0.4, -0.2) is 20.2 Å². The summed E-state index contributed by atoms with van der Waals surface area (Å²) < 4.78 is 0. The van der Waals surface area contributed by atoms with Gasteiger partial charge in [-0.05, 0) is 18.2 Å². The fourth-order valence-electron chi connectivity index (χ4n) is 1.94. The number of nitrogens with one attached hydrogen (secondary N) is 1. The summed E-state index contributed by atoms with van der Waals surface area (Å²) in [6, 6.07) is 8.07. The highest BCUT2D eigenvalue weighted by Gasteiger charge is 2.13. The van der Waals surface area contributed by atoms with Crippen LogP contribution in [0.3, 0.4) is 0 Å². The predicted molar refractivity (Wildman–Crippen MR) is 85.8 cm³/mol. The molecular formula is C14H9Cl2N5O. The van der Waals surface area contributed by atoms with Crippen molar-refractivity contribution >= 4 is 29.2 Å². The Morgan fingerprint density at radius 3 is 2.59 bits per heavy atom. The molecule has 0 unspecified atom stereocenters. The monoisotopic (exact) mass is 333 g/mol. The van der Waals surface area contributed by atoms with Crippen molar-refractivity contribution in [1.82, 2.24) is 20.2 Å². The third-order valence-electron chi connectivity index (χ3n) is 2.96. The Balaban J connectivity index is 2.21. The van der Waals surface area contributed by atoms with Gasteiger partial charge in [0.1, 0.15) is 0 Å². The van der Waals surface area contributed by atoms with Crippen LogP contribution in [0, 0.1) is 0 Å². The molecule has 3 N–H and O–H groups in total. The number of hydrogen-bond acceptors (Lipinski definition) is 5. The maximum absolute atomic E-state index is 11.1. The molecule has 0 amide bonds. The van der Waals surface area contributed by atoms with Gasteiger partial charge in [-0.2, -0.15) is 5.10 Å². The lowest BCUT2D eigenvalue weighted by molar-refractivity contribution is 0.992. The Bertz CT molecular complexity index is 889. The zero-order valence-electron chi connectivity index (χ0n) is 11.0. The molecule has 0 aliphatic heterocycles. The minimum absolute atomic E-state index is 0.120. The fraction of sp³-hybridized carbons (Fsp3) is 0. The lowest BCUT2D eigenvalue weighted by Crippen LogP contribution is -2.07. The Labute approximate surface area is 135 Å². The van der Waals surface area contributed by atoms with Crippen molar-refractivity contribution < 1.29 is 0 Å². The number of halogens is 2. The molecule has 0 radical (unpaired) electrons. The summed E-state index contributed by atoms with van der Waals surface area (Å²) in [5.41, 5.74) is 7.77. The maximum Gasteiger partial charge on any atom is 0.264 e. The minimum atomic E-state index is -0.295. The van der Waals surface area contributed by atoms with E-state index in [-0.39, 0.29) is 11.5 Å². The van der Waals surface area contributed by atoms with Crippen molar-refractivity contribution in [3.8, 4) is 22.5 Å². The lowest BCUT2D eigenvalue weighted by atomic mass is 10.0. The van der Waals surface area contributed by atoms with Crippen LogP contribution in [0.15, 0.2) is 41.3 Å². The first-order valence-corrected chi connectivity index (χ1v) is 6.94. The number of nitrogens with zero attached hydrogens (tertiary/aromatic N) is 3. The van der Waals surface area contributed by atoms with E-state index in [2.05, 4.69) is 20.2 Å². The second-order valence-corrected chi connectivity index (χ2v) is 5.24. The van der Waals surface area contributed by atoms with Crippen molar-refractivity contribution in [1.29, 1.82) is 0 Å². The summed E-state index contributed by atoms with van der Waals surface area (Å²) in [4.78, 5) is 19.4. The smallest absolute Gasteiger partial charge is 0.264 e. The summed E-state index contributed by atoms with van der Waals surface area (Å²) in [6.45, 7) is 0. The molecule has 110 valence electrons. The highest BCUT2D eigenvalue weighted by Crippen LogP contribution is 2.32. The van der Waals surface area contributed by atoms with Crippen LogP contribution in [0.1, 0.15) is 0 Å². The van der Waals surface area contributed by atoms with E-state index in [4.69, 9.17) is 28.9 Å². The Morgan fingerprint density at radius 1 is 1.09 bits per heavy atom. The number of benzene rings is 1. The van der Waals surface area contributed by atoms with E-state index in [0.717, 1.165) is 0 Å². The van der Waals surface area contributed by atoms with E-state index in [1.807, 2.05) is 0 Å². The van der Waals surface area contributed by atoms with Gasteiger partial charge in [0.05, 0.1) is 21.4 Å². The van der Waals surface area contributed by atoms with Crippen LogP contribution in [0.5, 0.6) is 0 Å². The molecule has 3 aromatic rings. The van der Waals surface area contributed by atoms with E-state index < -0.39 is 0 Å². The molecule has 0 aliphatic carbocycles. The van der Waals surface area contributed by atoms with Crippen molar-refractivity contribution in [2.24, 2.45) is 0 Å². The zero-order valence-corrected chi connectivity index (χ0v) is 12.6. The maximum atomic E-state index is 11.1. The zero-order chi connectivity index (χ0) is 15.7. The van der Waals surface area contributed by atoms with Crippen LogP contribution in [0.2, 0.25) is 10.0 Å². The molecule has 0 saturated carbocycles. The van der Waals surface area contributed by atoms with Gasteiger partial charge in [0.2, 0.25) is 5.95 Å². The standard InChI is InChI=1S/C14H9Cl2N5O/c15-9-2-1-7(5-10(9)16)13-8(6-18-14(17)19-13)11-3-4-12(22)21-20-11/h1-6H,(H,21,22)(H2,17,18,19). The average molecular weight is 334 g/mol. The van der Waals surface area contributed by atoms with Gasteiger partial charge < -0.3 is 5.73 Å². The second kappa shape index (κ2) is 5.75. The summed E-state index contributed by atoms with van der Waals surface area (Å²) in [6.07, 6.45) is 1.54. The number of nitrogens with two attached hydrogens (primary N) is 1. The van der Waals surface area contributed by atoms with Gasteiger partial charge in [-0.25, -0.2) is 15.1 Å². The third kappa shape index (κ3) is 2.79. The SMILES string of the molecule is Nc1ncc(-c2ccc(=O)[nH]n2)c(-c2ccc(Cl)c(Cl)c2)n1. The van der Waals surface area contributed by atoms with Gasteiger partial charge in [-0.1, -0.05) is 29.3 Å². The molecule has 0 spiro atoms. The molecule has 0 bridgehead atoms. The molecule has 22 heavy (non-hydrogen) atoms. The first kappa shape index (κ1) is 14.5. The third-order valence-corrected chi connectivity index (χ3v) is 3.69. The van der Waals surface area contributed by atoms with Gasteiger partial charge >= 0.3 is 0 Å². The average Bonchev–Trinajstić information content (AvgIpc) is 2.51. The van der Waals surface area contributed by atoms with Crippen molar-refractivity contribution in [3.63, 3.8) is 0 Å². The topological polar surface area (TPSA) is 97.5 Å². The number of H-pyrrole nitrogens is 1. The van der Waals surface area contributed by atoms with Crippen molar-refractivity contribution in [2.75, 3.05) is 5.73 Å². The van der Waals surface area contributed by atoms with Gasteiger partial charge in [0.25, 0.3) is 5.56 Å². The molecule has 0 saturated heterocycles. The van der Waals surface area contributed by atoms with Crippen molar-refractivity contribution in [3.05, 3.63) is 56.9 Å². The van der Waals surface area contributed by atoms with E-state index in [1.54, 1.807) is 30.5 Å². The first-order chi connectivity index (χ1) is 10.5. The number of hydrogen-bond donors (Lipinski definition) is 2. The molecule has 8 heteroatoms. The Kier molecular flexibility index (Phi) is 3.79. The van der Waals surface area contributed by atoms with Crippen LogP contribution >= 0.6 is 23.2 Å². The fourth-order valence-corrected chi connectivity index (χ4v) is 2.24. The molecule has 3 rings (SSSR count). The summed E-state index contributed by atoms with van der Waals surface area (Å²) in [5.74, 6) is 0.120. The minimum Gasteiger partial charge on any atom is -0.368 e. The number of rotatable bonds is 2. The number of aromatic nitrogens is 4. The van der Waals surface area contributed by atoms with Gasteiger partial charge in [-0.15, -0.1) is 0 Å². The van der Waals surface area contributed by atoms with Crippen LogP contribution in [0.25, 0.3) is 22.5 Å². The normalized spacial score (nSPS) is 10.6. The van der Waals surface area contributed by atoms with E-state index >= 15 is 0 Å². The highest BCUT2D eigenvalue weighted by molar-refractivity contribution is 6.42. The lowest BCUT2D eigenvalue weighted by Gasteiger charge is -2.09. The number of aromatic amines is 1. The largest absolute Gasteiger partial charge is 0.368 e. The number of anilines is 1. The van der Waals surface area contributed by atoms with Gasteiger partial charge in [-0.3, -0.25) is 4.79 Å². The van der Waals surface area contributed by atoms with E-state index in [9.17, 15) is 4.79 Å². The highest BCUT2D eigenvalue weighted by atomic mass is 35.5. The molecule has 0 fully saturated rings. The number of nitrogen functional groups attached to an aromatic ring is 1.